The normalized spacial score (nSPS) is 17.7. The van der Waals surface area contributed by atoms with Crippen molar-refractivity contribution in [1.29, 1.82) is 0 Å². The van der Waals surface area contributed by atoms with Crippen LogP contribution in [0.4, 0.5) is 0 Å². The Morgan fingerprint density at radius 3 is 2.84 bits per heavy atom. The maximum Gasteiger partial charge on any atom is 0.158 e. The monoisotopic (exact) mass is 299 g/mol. The predicted molar refractivity (Wildman–Crippen MR) is 70.5 cm³/mol. The van der Waals surface area contributed by atoms with Crippen LogP contribution in [-0.4, -0.2) is 25.0 Å². The second kappa shape index (κ2) is 4.67. The van der Waals surface area contributed by atoms with E-state index in [1.807, 2.05) is 4.57 Å². The molecule has 2 N–H and O–H groups in total. The van der Waals surface area contributed by atoms with Gasteiger partial charge in [0, 0.05) is 24.4 Å². The van der Waals surface area contributed by atoms with E-state index < -0.39 is 0 Å². The molecule has 0 unspecified atom stereocenters. The first-order valence-corrected chi connectivity index (χ1v) is 6.56. The van der Waals surface area contributed by atoms with Crippen molar-refractivity contribution in [1.82, 2.24) is 14.8 Å². The largest absolute Gasteiger partial charge is 0.508 e. The van der Waals surface area contributed by atoms with Crippen molar-refractivity contribution in [3.8, 4) is 5.75 Å². The van der Waals surface area contributed by atoms with Gasteiger partial charge in [-0.25, -0.2) is 0 Å². The zero-order chi connectivity index (χ0) is 13.6. The molecular formula is C12H11Cl2N3O2. The Labute approximate surface area is 119 Å². The van der Waals surface area contributed by atoms with Crippen molar-refractivity contribution in [2.24, 2.45) is 0 Å². The van der Waals surface area contributed by atoms with E-state index >= 15 is 0 Å². The van der Waals surface area contributed by atoms with E-state index in [1.165, 1.54) is 6.07 Å². The summed E-state index contributed by atoms with van der Waals surface area (Å²) in [6.07, 6.45) is 0.612. The van der Waals surface area contributed by atoms with Crippen molar-refractivity contribution >= 4 is 23.2 Å². The van der Waals surface area contributed by atoms with Crippen molar-refractivity contribution < 1.29 is 10.2 Å². The number of aromatic hydroxyl groups is 1. The fourth-order valence-electron chi connectivity index (χ4n) is 2.49. The molecule has 0 saturated heterocycles. The molecule has 7 heteroatoms. The van der Waals surface area contributed by atoms with Crippen LogP contribution in [0.3, 0.4) is 0 Å². The van der Waals surface area contributed by atoms with Crippen LogP contribution in [0.5, 0.6) is 5.75 Å². The van der Waals surface area contributed by atoms with Crippen LogP contribution in [0.15, 0.2) is 12.1 Å². The van der Waals surface area contributed by atoms with Gasteiger partial charge in [-0.3, -0.25) is 0 Å². The van der Waals surface area contributed by atoms with Crippen LogP contribution in [0.25, 0.3) is 0 Å². The molecule has 0 bridgehead atoms. The van der Waals surface area contributed by atoms with Crippen molar-refractivity contribution in [3.63, 3.8) is 0 Å². The van der Waals surface area contributed by atoms with E-state index in [-0.39, 0.29) is 18.3 Å². The zero-order valence-electron chi connectivity index (χ0n) is 9.85. The smallest absolute Gasteiger partial charge is 0.158 e. The van der Waals surface area contributed by atoms with E-state index in [0.717, 1.165) is 5.82 Å². The van der Waals surface area contributed by atoms with Gasteiger partial charge in [-0.1, -0.05) is 23.2 Å². The van der Waals surface area contributed by atoms with Crippen LogP contribution in [0, 0.1) is 0 Å². The third-order valence-electron chi connectivity index (χ3n) is 3.40. The number of hydrogen-bond acceptors (Lipinski definition) is 4. The van der Waals surface area contributed by atoms with Gasteiger partial charge >= 0.3 is 0 Å². The fourth-order valence-corrected chi connectivity index (χ4v) is 2.97. The molecule has 0 aliphatic carbocycles. The van der Waals surface area contributed by atoms with E-state index in [4.69, 9.17) is 23.2 Å². The standard InChI is InChI=1S/C12H11Cl2N3O2/c13-7-1-2-8(19)11(12(7)14)6-3-9-15-16-10(5-18)17(9)4-6/h1-2,6,18-19H,3-5H2/t6-/m0/s1. The highest BCUT2D eigenvalue weighted by atomic mass is 35.5. The number of rotatable bonds is 2. The summed E-state index contributed by atoms with van der Waals surface area (Å²) in [5.74, 6) is 1.42. The molecule has 5 nitrogen and oxygen atoms in total. The van der Waals surface area contributed by atoms with Gasteiger partial charge in [-0.15, -0.1) is 10.2 Å². The highest BCUT2D eigenvalue weighted by Gasteiger charge is 2.30. The second-order valence-electron chi connectivity index (χ2n) is 4.50. The van der Waals surface area contributed by atoms with Gasteiger partial charge in [0.25, 0.3) is 0 Å². The fraction of sp³-hybridized carbons (Fsp3) is 0.333. The van der Waals surface area contributed by atoms with Gasteiger partial charge in [-0.05, 0) is 12.1 Å². The second-order valence-corrected chi connectivity index (χ2v) is 5.28. The first-order valence-electron chi connectivity index (χ1n) is 5.80. The number of phenols is 1. The van der Waals surface area contributed by atoms with Gasteiger partial charge in [0.1, 0.15) is 18.2 Å². The number of benzene rings is 1. The van der Waals surface area contributed by atoms with Crippen LogP contribution < -0.4 is 0 Å². The summed E-state index contributed by atoms with van der Waals surface area (Å²) in [6, 6.07) is 3.10. The predicted octanol–water partition coefficient (Wildman–Crippen LogP) is 2.12. The molecule has 0 fully saturated rings. The summed E-state index contributed by atoms with van der Waals surface area (Å²) in [5.41, 5.74) is 0.628. The lowest BCUT2D eigenvalue weighted by Crippen LogP contribution is -2.06. The molecule has 0 spiro atoms. The Morgan fingerprint density at radius 1 is 1.32 bits per heavy atom. The third kappa shape index (κ3) is 1.98. The molecule has 1 aromatic heterocycles. The van der Waals surface area contributed by atoms with Crippen LogP contribution >= 0.6 is 23.2 Å². The Morgan fingerprint density at radius 2 is 2.11 bits per heavy atom. The molecule has 0 radical (unpaired) electrons. The van der Waals surface area contributed by atoms with Gasteiger partial charge < -0.3 is 14.8 Å². The maximum absolute atomic E-state index is 9.98. The molecule has 1 aliphatic heterocycles. The van der Waals surface area contributed by atoms with Gasteiger partial charge in [0.05, 0.1) is 10.0 Å². The van der Waals surface area contributed by atoms with E-state index in [9.17, 15) is 10.2 Å². The first kappa shape index (κ1) is 12.7. The van der Waals surface area contributed by atoms with Crippen LogP contribution in [0.2, 0.25) is 10.0 Å². The number of phenolic OH excluding ortho intramolecular Hbond substituents is 1. The van der Waals surface area contributed by atoms with Gasteiger partial charge in [0.15, 0.2) is 5.82 Å². The molecule has 0 saturated carbocycles. The van der Waals surface area contributed by atoms with E-state index in [1.54, 1.807) is 6.07 Å². The summed E-state index contributed by atoms with van der Waals surface area (Å²) in [5, 5.41) is 27.9. The molecule has 1 atom stereocenters. The average molecular weight is 300 g/mol. The lowest BCUT2D eigenvalue weighted by Gasteiger charge is -2.14. The molecule has 2 aromatic rings. The minimum atomic E-state index is -0.158. The Bertz CT molecular complexity index is 642. The average Bonchev–Trinajstić information content (AvgIpc) is 2.94. The highest BCUT2D eigenvalue weighted by Crippen LogP contribution is 2.41. The lowest BCUT2D eigenvalue weighted by atomic mass is 9.96. The Balaban J connectivity index is 1.99. The summed E-state index contributed by atoms with van der Waals surface area (Å²) in [6.45, 7) is 0.417. The summed E-state index contributed by atoms with van der Waals surface area (Å²) in [4.78, 5) is 0. The van der Waals surface area contributed by atoms with E-state index in [2.05, 4.69) is 10.2 Å². The van der Waals surface area contributed by atoms with Crippen molar-refractivity contribution in [3.05, 3.63) is 39.4 Å². The maximum atomic E-state index is 9.98. The lowest BCUT2D eigenvalue weighted by molar-refractivity contribution is 0.264. The zero-order valence-corrected chi connectivity index (χ0v) is 11.4. The molecule has 1 aliphatic rings. The number of aliphatic hydroxyl groups is 1. The molecule has 100 valence electrons. The number of nitrogens with zero attached hydrogens (tertiary/aromatic N) is 3. The molecular weight excluding hydrogens is 289 g/mol. The SMILES string of the molecule is OCc1nnc2n1C[C@@H](c1c(O)ccc(Cl)c1Cl)C2. The summed E-state index contributed by atoms with van der Waals surface area (Å²) < 4.78 is 1.85. The molecule has 3 rings (SSSR count). The minimum absolute atomic E-state index is 0.0120. The quantitative estimate of drug-likeness (QED) is 0.891. The number of hydrogen-bond donors (Lipinski definition) is 2. The molecule has 0 amide bonds. The van der Waals surface area contributed by atoms with E-state index in [0.29, 0.717) is 34.4 Å². The number of aliphatic hydroxyl groups excluding tert-OH is 1. The molecule has 19 heavy (non-hydrogen) atoms. The van der Waals surface area contributed by atoms with Crippen LogP contribution in [-0.2, 0) is 19.6 Å². The Hall–Kier alpha value is -1.30. The molecule has 1 aromatic carbocycles. The van der Waals surface area contributed by atoms with Gasteiger partial charge in [0.2, 0.25) is 0 Å². The topological polar surface area (TPSA) is 71.2 Å². The number of halogens is 2. The summed E-state index contributed by atoms with van der Waals surface area (Å²) in [7, 11) is 0. The molecule has 2 heterocycles. The Kier molecular flexibility index (Phi) is 3.12. The number of aromatic nitrogens is 3. The minimum Gasteiger partial charge on any atom is -0.508 e. The number of fused-ring (bicyclic) bond motifs is 1. The third-order valence-corrected chi connectivity index (χ3v) is 4.21. The van der Waals surface area contributed by atoms with Crippen molar-refractivity contribution in [2.75, 3.05) is 0 Å². The highest BCUT2D eigenvalue weighted by molar-refractivity contribution is 6.42. The summed E-state index contributed by atoms with van der Waals surface area (Å²) >= 11 is 12.2. The van der Waals surface area contributed by atoms with Gasteiger partial charge in [-0.2, -0.15) is 0 Å². The first-order chi connectivity index (χ1) is 9.11. The van der Waals surface area contributed by atoms with Crippen molar-refractivity contribution in [2.45, 2.75) is 25.5 Å². The van der Waals surface area contributed by atoms with Crippen LogP contribution in [0.1, 0.15) is 23.1 Å².